The molecule has 1 aliphatic rings. The summed E-state index contributed by atoms with van der Waals surface area (Å²) in [5.74, 6) is -1.05. The third-order valence-corrected chi connectivity index (χ3v) is 12.1. The molecule has 12 nitrogen and oxygen atoms in total. The van der Waals surface area contributed by atoms with Gasteiger partial charge in [-0.1, -0.05) is 156 Å². The Kier molecular flexibility index (Phi) is 33.6. The Balaban J connectivity index is 3.20. The molecule has 6 atom stereocenters. The van der Waals surface area contributed by atoms with Crippen LogP contribution in [-0.4, -0.2) is 93.0 Å². The molecule has 1 rings (SSSR count). The Morgan fingerprint density at radius 1 is 0.817 bits per heavy atom. The average molecular weight is 932 g/mol. The quantitative estimate of drug-likeness (QED) is 0.0153. The Morgan fingerprint density at radius 2 is 1.37 bits per heavy atom. The van der Waals surface area contributed by atoms with Crippen molar-refractivity contribution < 1.29 is 46.6 Å². The first-order chi connectivity index (χ1) is 28.9. The molecule has 0 aromatic carbocycles. The van der Waals surface area contributed by atoms with E-state index >= 15 is 0 Å². The molecular weight excluding hydrogens is 854 g/mol. The van der Waals surface area contributed by atoms with Gasteiger partial charge in [0.05, 0.1) is 25.9 Å². The zero-order valence-corrected chi connectivity index (χ0v) is 40.2. The maximum atomic E-state index is 14.1. The van der Waals surface area contributed by atoms with Crippen LogP contribution >= 0.6 is 42.6 Å². The van der Waals surface area contributed by atoms with Crippen LogP contribution in [0.5, 0.6) is 0 Å². The number of hydrogen-bond donors (Lipinski definition) is 2. The fraction of sp³-hybridized carbons (Fsp3) is 0.818. The fourth-order valence-corrected chi connectivity index (χ4v) is 8.26. The van der Waals surface area contributed by atoms with Gasteiger partial charge >= 0.3 is 7.82 Å². The number of methoxy groups -OCH3 is 2. The smallest absolute Gasteiger partial charge is 0.446 e. The Hall–Kier alpha value is -1.02. The third kappa shape index (κ3) is 25.9. The number of alkyl halides is 3. The van der Waals surface area contributed by atoms with E-state index < -0.39 is 48.2 Å². The van der Waals surface area contributed by atoms with Gasteiger partial charge in [0.1, 0.15) is 24.4 Å². The summed E-state index contributed by atoms with van der Waals surface area (Å²) < 4.78 is 59.0. The molecule has 1 amide bonds. The molecule has 0 saturated carbocycles. The number of ether oxygens (including phenoxy) is 5. The Bertz CT molecular complexity index is 1210. The molecule has 0 aromatic heterocycles. The number of hydrogen-bond acceptors (Lipinski definition) is 11. The highest BCUT2D eigenvalue weighted by Gasteiger charge is 2.53. The third-order valence-electron chi connectivity index (χ3n) is 10.1. The molecular formula is C44H78Cl3N2O10P. The second-order valence-corrected chi connectivity index (χ2v) is 19.1. The fourth-order valence-electron chi connectivity index (χ4n) is 6.80. The number of nitrogens with one attached hydrogen (secondary N) is 2. The second-order valence-electron chi connectivity index (χ2n) is 15.2. The molecule has 350 valence electrons. The van der Waals surface area contributed by atoms with Gasteiger partial charge in [-0.3, -0.25) is 23.8 Å². The number of phosphoric ester groups is 1. The largest absolute Gasteiger partial charge is 0.475 e. The molecule has 1 fully saturated rings. The molecule has 2 N–H and O–H groups in total. The number of carbonyl (C=O) groups is 1. The number of phosphoric acid groups is 1. The normalized spacial score (nSPS) is 20.3. The first-order valence-electron chi connectivity index (χ1n) is 22.2. The Labute approximate surface area is 377 Å². The average Bonchev–Trinajstić information content (AvgIpc) is 3.21. The molecule has 0 bridgehead atoms. The summed E-state index contributed by atoms with van der Waals surface area (Å²) in [5.41, 5.74) is 0. The second kappa shape index (κ2) is 35.3. The lowest BCUT2D eigenvalue weighted by Crippen LogP contribution is -2.66. The SMILES string of the molecule is C=CCOP(=O)(OCC=C)O[C@@H]1C(COC)OC(OC(=N)C(Cl)(Cl)Cl)[C@H](NC(=O)CCCCCCCCC/C=C\CCCCCC)[C@H]1OCC[C@@H](CCCCCCC)OC. The van der Waals surface area contributed by atoms with Crippen molar-refractivity contribution in [2.45, 2.75) is 189 Å². The van der Waals surface area contributed by atoms with Crippen molar-refractivity contribution in [1.82, 2.24) is 5.32 Å². The van der Waals surface area contributed by atoms with Gasteiger partial charge in [-0.05, 0) is 44.9 Å². The molecule has 16 heteroatoms. The number of rotatable bonds is 38. The van der Waals surface area contributed by atoms with Gasteiger partial charge in [0.15, 0.2) is 0 Å². The first kappa shape index (κ1) is 57.0. The minimum absolute atomic E-state index is 0.0990. The molecule has 1 aliphatic heterocycles. The summed E-state index contributed by atoms with van der Waals surface area (Å²) >= 11 is 18.1. The molecule has 2 unspecified atom stereocenters. The van der Waals surface area contributed by atoms with Crippen LogP contribution in [0.4, 0.5) is 0 Å². The lowest BCUT2D eigenvalue weighted by molar-refractivity contribution is -0.256. The summed E-state index contributed by atoms with van der Waals surface area (Å²) in [7, 11) is -1.21. The number of halogens is 3. The van der Waals surface area contributed by atoms with Crippen LogP contribution in [-0.2, 0) is 46.6 Å². The lowest BCUT2D eigenvalue weighted by atomic mass is 9.96. The zero-order valence-electron chi connectivity index (χ0n) is 37.0. The summed E-state index contributed by atoms with van der Waals surface area (Å²) in [4.78, 5) is 13.7. The van der Waals surface area contributed by atoms with Crippen LogP contribution in [0.25, 0.3) is 0 Å². The van der Waals surface area contributed by atoms with Crippen LogP contribution in [0.2, 0.25) is 0 Å². The van der Waals surface area contributed by atoms with Gasteiger partial charge in [0.2, 0.25) is 18.1 Å². The Morgan fingerprint density at radius 3 is 1.92 bits per heavy atom. The molecule has 60 heavy (non-hydrogen) atoms. The van der Waals surface area contributed by atoms with Crippen LogP contribution < -0.4 is 5.32 Å². The molecule has 0 aliphatic carbocycles. The van der Waals surface area contributed by atoms with E-state index in [2.05, 4.69) is 44.5 Å². The summed E-state index contributed by atoms with van der Waals surface area (Å²) in [5, 5.41) is 11.4. The highest BCUT2D eigenvalue weighted by atomic mass is 35.6. The minimum atomic E-state index is -4.33. The number of carbonyl (C=O) groups excluding carboxylic acids is 1. The van der Waals surface area contributed by atoms with Crippen molar-refractivity contribution in [3.8, 4) is 0 Å². The first-order valence-corrected chi connectivity index (χ1v) is 24.8. The van der Waals surface area contributed by atoms with Crippen molar-refractivity contribution in [1.29, 1.82) is 5.41 Å². The topological polar surface area (TPSA) is 144 Å². The van der Waals surface area contributed by atoms with E-state index in [1.807, 2.05) is 0 Å². The van der Waals surface area contributed by atoms with Crippen molar-refractivity contribution in [3.05, 3.63) is 37.5 Å². The van der Waals surface area contributed by atoms with Gasteiger partial charge in [0.25, 0.3) is 3.79 Å². The van der Waals surface area contributed by atoms with E-state index in [0.29, 0.717) is 12.8 Å². The monoisotopic (exact) mass is 930 g/mol. The maximum absolute atomic E-state index is 14.1. The van der Waals surface area contributed by atoms with Crippen molar-refractivity contribution >= 4 is 54.4 Å². The van der Waals surface area contributed by atoms with Crippen molar-refractivity contribution in [2.24, 2.45) is 0 Å². The molecule has 0 aromatic rings. The summed E-state index contributed by atoms with van der Waals surface area (Å²) in [6.07, 6.45) is 24.4. The van der Waals surface area contributed by atoms with Gasteiger partial charge in [-0.25, -0.2) is 4.57 Å². The van der Waals surface area contributed by atoms with Gasteiger partial charge in [-0.2, -0.15) is 0 Å². The van der Waals surface area contributed by atoms with Crippen LogP contribution in [0.1, 0.15) is 149 Å². The van der Waals surface area contributed by atoms with Crippen LogP contribution in [0, 0.1) is 5.41 Å². The maximum Gasteiger partial charge on any atom is 0.475 e. The van der Waals surface area contributed by atoms with Crippen LogP contribution in [0.3, 0.4) is 0 Å². The highest BCUT2D eigenvalue weighted by molar-refractivity contribution is 7.48. The standard InChI is InChI=1S/C44H78Cl3N2O10P/c1-7-11-13-15-16-17-18-19-20-21-22-23-24-26-28-30-38(50)49-39-41(54-34-31-36(53-6)29-27-25-14-12-8-2)40(59-60(51,55-32-9-3)56-33-10-4)37(35-52-5)57-42(39)58-43(48)44(45,46)47/h9-10,17-18,36-37,39-42,48H,3-4,7-8,11-16,19-35H2,1-2,5-6H3,(H,49,50)/b18-17-,48-43?/t36-,37?,39-,40-,41-,42?/m1/s1. The lowest BCUT2D eigenvalue weighted by Gasteiger charge is -2.46. The van der Waals surface area contributed by atoms with E-state index in [-0.39, 0.29) is 44.9 Å². The molecule has 1 heterocycles. The predicted octanol–water partition coefficient (Wildman–Crippen LogP) is 12.3. The van der Waals surface area contributed by atoms with Gasteiger partial charge in [0, 0.05) is 27.2 Å². The molecule has 0 radical (unpaired) electrons. The van der Waals surface area contributed by atoms with E-state index in [4.69, 9.17) is 77.5 Å². The minimum Gasteiger partial charge on any atom is -0.446 e. The molecule has 1 saturated heterocycles. The van der Waals surface area contributed by atoms with Crippen molar-refractivity contribution in [2.75, 3.05) is 40.6 Å². The van der Waals surface area contributed by atoms with E-state index in [9.17, 15) is 9.36 Å². The van der Waals surface area contributed by atoms with Gasteiger partial charge < -0.3 is 29.0 Å². The van der Waals surface area contributed by atoms with Crippen LogP contribution in [0.15, 0.2) is 37.5 Å². The number of unbranched alkanes of at least 4 members (excludes halogenated alkanes) is 15. The summed E-state index contributed by atoms with van der Waals surface area (Å²) in [6.45, 7) is 11.4. The number of allylic oxidation sites excluding steroid dienone is 2. The predicted molar refractivity (Wildman–Crippen MR) is 244 cm³/mol. The molecule has 0 spiro atoms. The zero-order chi connectivity index (χ0) is 44.5. The highest BCUT2D eigenvalue weighted by Crippen LogP contribution is 2.52. The number of amides is 1. The van der Waals surface area contributed by atoms with E-state index in [1.165, 1.54) is 70.6 Å². The van der Waals surface area contributed by atoms with E-state index in [1.54, 1.807) is 7.11 Å². The van der Waals surface area contributed by atoms with E-state index in [0.717, 1.165) is 64.2 Å². The van der Waals surface area contributed by atoms with Gasteiger partial charge in [-0.15, -0.1) is 13.2 Å². The van der Waals surface area contributed by atoms with Crippen molar-refractivity contribution in [3.63, 3.8) is 0 Å². The summed E-state index contributed by atoms with van der Waals surface area (Å²) in [6, 6.07) is -1.14.